The van der Waals surface area contributed by atoms with Gasteiger partial charge in [-0.15, -0.1) is 0 Å². The van der Waals surface area contributed by atoms with Crippen molar-refractivity contribution >= 4 is 70.2 Å². The number of hydrogen-bond donors (Lipinski definition) is 12. The van der Waals surface area contributed by atoms with E-state index in [0.717, 1.165) is 12.8 Å². The van der Waals surface area contributed by atoms with Gasteiger partial charge >= 0.3 is 0 Å². The molecule has 600 valence electrons. The summed E-state index contributed by atoms with van der Waals surface area (Å²) in [5.74, 6) is -5.91. The highest BCUT2D eigenvalue weighted by atomic mass is 19.1. The van der Waals surface area contributed by atoms with Gasteiger partial charge in [0.05, 0.1) is 59.0 Å². The van der Waals surface area contributed by atoms with E-state index in [4.69, 9.17) is 4.74 Å². The second kappa shape index (κ2) is 60.5. The molecule has 0 heterocycles. The van der Waals surface area contributed by atoms with E-state index >= 15 is 0 Å². The Bertz CT molecular complexity index is 3010. The van der Waals surface area contributed by atoms with Gasteiger partial charge in [0, 0.05) is 59.3 Å². The fourth-order valence-corrected chi connectivity index (χ4v) is 10.1. The van der Waals surface area contributed by atoms with Crippen LogP contribution in [-0.2, 0) is 43.2 Å². The lowest BCUT2D eigenvalue weighted by Crippen LogP contribution is -3.00. The van der Waals surface area contributed by atoms with Gasteiger partial charge in [-0.3, -0.25) is 137 Å². The predicted molar refractivity (Wildman–Crippen MR) is 399 cm³/mol. The lowest BCUT2D eigenvalue weighted by Gasteiger charge is -2.39. The second-order valence-electron chi connectivity index (χ2n) is 25.9. The van der Waals surface area contributed by atoms with Crippen molar-refractivity contribution in [3.05, 3.63) is 67.2 Å². The van der Waals surface area contributed by atoms with Crippen LogP contribution in [0.5, 0.6) is 11.5 Å². The van der Waals surface area contributed by atoms with Crippen molar-refractivity contribution in [2.45, 2.75) is 276 Å². The summed E-state index contributed by atoms with van der Waals surface area (Å²) in [7, 11) is 0. The molecule has 0 unspecified atom stereocenters. The highest BCUT2D eigenvalue weighted by molar-refractivity contribution is 5.83. The summed E-state index contributed by atoms with van der Waals surface area (Å²) in [6.07, 6.45) is 26.8. The van der Waals surface area contributed by atoms with Crippen molar-refractivity contribution in [3.8, 4) is 11.5 Å². The average molecular weight is 1500 g/mol. The van der Waals surface area contributed by atoms with E-state index in [1.54, 1.807) is 0 Å². The molecule has 0 saturated heterocycles. The SMILES string of the molecule is CC(=O)NNC(=O)CCCCC(=O)NNc1c(F)c(=O)c1=O.CC(=O)NNC(=O)CCCCC(=O)NNc1c([O-])c(=O)c1=O.CCCCOc1c(NNC(=O)CCCCC(=O)NNC(C)=O)c(=O)c1=O.CCCC[N+](CCCC)(CCCC)CCCC.CCCC[N+](CCCC)(CCCC)CCCC.[F-]. The van der Waals surface area contributed by atoms with E-state index in [-0.39, 0.29) is 84.2 Å². The Labute approximate surface area is 617 Å². The fourth-order valence-electron chi connectivity index (χ4n) is 10.1. The fraction of sp³-hybridized carbons (Fsp3) is 0.708. The lowest BCUT2D eigenvalue weighted by atomic mass is 10.1. The molecule has 0 saturated carbocycles. The maximum Gasteiger partial charge on any atom is 0.272 e. The summed E-state index contributed by atoms with van der Waals surface area (Å²) in [5.41, 5.74) is 19.3. The number of carbonyl (C=O) groups is 9. The standard InChI is InChI=1S/C16H24N4O6.2C16H36N.C12H15FN4O5.C12H16N4O6.FH/c1-3-4-9-26-16-13(14(24)15(16)25)20-19-12(23)8-6-5-7-11(22)18-17-10(2)21;2*1-5-9-13-17(14-10-6-2,15-11-7-3)16-12-8-4;1-6(18)14-15-7(19)4-2-3-5-8(20)16-17-10-9(13)11(21)12(10)22;1-6(17)13-14-7(18)4-2-3-5-8(19)15-16-9-10(20)12(22)11(9)21;/h20H,3-9H2,1-2H3,(H,17,21)(H,18,22)(H,19,23);2*5-16H2,1-4H3;17H,2-5H2,1H3,(H,14,18)(H,15,19)(H,16,20);16,20H,2-5H2,1H3,(H,13,17)(H,14,18)(H,15,19);1H/q;2*+1;;;/p-2. The molecule has 3 aromatic carbocycles. The number of hydrazine groups is 6. The van der Waals surface area contributed by atoms with Gasteiger partial charge in [-0.25, -0.2) is 0 Å². The lowest BCUT2D eigenvalue weighted by molar-refractivity contribution is -0.929. The highest BCUT2D eigenvalue weighted by Crippen LogP contribution is 2.20. The molecule has 12 N–H and O–H groups in total. The molecule has 0 bridgehead atoms. The van der Waals surface area contributed by atoms with E-state index in [1.165, 1.54) is 185 Å². The quantitative estimate of drug-likeness (QED) is 0.0167. The maximum absolute atomic E-state index is 12.8. The zero-order chi connectivity index (χ0) is 78.9. The molecule has 33 heteroatoms. The molecule has 0 aliphatic rings. The van der Waals surface area contributed by atoms with Gasteiger partial charge < -0.3 is 23.5 Å². The molecule has 0 aliphatic carbocycles. The van der Waals surface area contributed by atoms with Gasteiger partial charge in [0.2, 0.25) is 69.8 Å². The topological polar surface area (TPSA) is 433 Å². The van der Waals surface area contributed by atoms with Crippen molar-refractivity contribution in [1.29, 1.82) is 0 Å². The monoisotopic (exact) mass is 1500 g/mol. The van der Waals surface area contributed by atoms with Gasteiger partial charge in [-0.1, -0.05) is 120 Å². The largest absolute Gasteiger partial charge is 1.00 e. The van der Waals surface area contributed by atoms with E-state index in [9.17, 15) is 81.4 Å². The smallest absolute Gasteiger partial charge is 0.272 e. The number of nitrogens with one attached hydrogen (secondary N) is 12. The van der Waals surface area contributed by atoms with Gasteiger partial charge in [0.15, 0.2) is 11.4 Å². The minimum Gasteiger partial charge on any atom is -1.00 e. The van der Waals surface area contributed by atoms with E-state index in [0.29, 0.717) is 45.1 Å². The number of quaternary nitrogens is 2. The molecule has 0 aliphatic heterocycles. The number of ether oxygens (including phenoxy) is 1. The first-order valence-electron chi connectivity index (χ1n) is 37.5. The molecule has 3 aromatic rings. The Morgan fingerprint density at radius 2 is 0.552 bits per heavy atom. The Hall–Kier alpha value is -8.75. The molecule has 3 rings (SSSR count). The van der Waals surface area contributed by atoms with Crippen LogP contribution >= 0.6 is 0 Å². The molecule has 105 heavy (non-hydrogen) atoms. The van der Waals surface area contributed by atoms with Crippen LogP contribution in [0.4, 0.5) is 21.5 Å². The molecular weight excluding hydrogens is 1370 g/mol. The summed E-state index contributed by atoms with van der Waals surface area (Å²) in [5, 5.41) is 10.9. The minimum atomic E-state index is -1.22. The number of unbranched alkanes of at least 4 members (excludes halogenated alkanes) is 12. The van der Waals surface area contributed by atoms with Crippen LogP contribution < -0.4 is 112 Å². The van der Waals surface area contributed by atoms with E-state index in [1.807, 2.05) is 12.3 Å². The highest BCUT2D eigenvalue weighted by Gasteiger charge is 2.27. The van der Waals surface area contributed by atoms with Crippen LogP contribution in [0, 0.1) is 5.82 Å². The maximum atomic E-state index is 12.8. The molecule has 0 spiro atoms. The second-order valence-corrected chi connectivity index (χ2v) is 25.9. The summed E-state index contributed by atoms with van der Waals surface area (Å²) < 4.78 is 20.9. The minimum absolute atomic E-state index is 0. The molecule has 0 radical (unpaired) electrons. The number of halogens is 2. The normalized spacial score (nSPS) is 10.6. The molecule has 0 fully saturated rings. The van der Waals surface area contributed by atoms with Crippen LogP contribution in [0.3, 0.4) is 0 Å². The molecule has 9 amide bonds. The zero-order valence-corrected chi connectivity index (χ0v) is 64.7. The summed E-state index contributed by atoms with van der Waals surface area (Å²) >= 11 is 0. The van der Waals surface area contributed by atoms with Crippen LogP contribution in [-0.4, -0.2) is 121 Å². The van der Waals surface area contributed by atoms with E-state index in [2.05, 4.69) is 115 Å². The number of amides is 9. The molecule has 0 atom stereocenters. The van der Waals surface area contributed by atoms with Crippen molar-refractivity contribution in [2.24, 2.45) is 0 Å². The Morgan fingerprint density at radius 1 is 0.314 bits per heavy atom. The van der Waals surface area contributed by atoms with E-state index < -0.39 is 79.1 Å². The first-order chi connectivity index (χ1) is 49.5. The molecular formula is C72H126F2N14O17. The van der Waals surface area contributed by atoms with Crippen LogP contribution in [0.25, 0.3) is 0 Å². The zero-order valence-electron chi connectivity index (χ0n) is 64.7. The third kappa shape index (κ3) is 45.3. The first-order valence-corrected chi connectivity index (χ1v) is 37.5. The van der Waals surface area contributed by atoms with Crippen molar-refractivity contribution in [2.75, 3.05) is 75.2 Å². The van der Waals surface area contributed by atoms with Crippen LogP contribution in [0.2, 0.25) is 0 Å². The number of hydrogen-bond acceptors (Lipinski definition) is 20. The molecule has 0 aromatic heterocycles. The average Bonchev–Trinajstić information content (AvgIpc) is 0.765. The van der Waals surface area contributed by atoms with Crippen molar-refractivity contribution in [1.82, 2.24) is 48.8 Å². The molecule has 31 nitrogen and oxygen atoms in total. The van der Waals surface area contributed by atoms with Crippen molar-refractivity contribution in [3.63, 3.8) is 0 Å². The Balaban J connectivity index is -0.00000125. The first kappa shape index (κ1) is 100. The van der Waals surface area contributed by atoms with Gasteiger partial charge in [-0.2, -0.15) is 4.39 Å². The number of carbonyl (C=O) groups excluding carboxylic acids is 9. The Kier molecular flexibility index (Phi) is 57.9. The van der Waals surface area contributed by atoms with Crippen LogP contribution in [0.1, 0.15) is 276 Å². The van der Waals surface area contributed by atoms with Gasteiger partial charge in [0.1, 0.15) is 11.4 Å². The van der Waals surface area contributed by atoms with Gasteiger partial charge in [-0.05, 0) is 102 Å². The summed E-state index contributed by atoms with van der Waals surface area (Å²) in [4.78, 5) is 166. The summed E-state index contributed by atoms with van der Waals surface area (Å²) in [6.45, 7) is 36.1. The van der Waals surface area contributed by atoms with Crippen molar-refractivity contribution < 1.29 is 71.1 Å². The number of anilines is 3. The Morgan fingerprint density at radius 3 is 0.800 bits per heavy atom. The third-order valence-electron chi connectivity index (χ3n) is 16.5. The summed E-state index contributed by atoms with van der Waals surface area (Å²) in [6, 6.07) is 0. The third-order valence-corrected chi connectivity index (χ3v) is 16.5. The van der Waals surface area contributed by atoms with Crippen LogP contribution in [0.15, 0.2) is 28.8 Å². The number of rotatable bonds is 49. The number of nitrogens with zero attached hydrogens (tertiary/aromatic N) is 2. The predicted octanol–water partition coefficient (Wildman–Crippen LogP) is 2.76. The van der Waals surface area contributed by atoms with Gasteiger partial charge in [0.25, 0.3) is 21.7 Å².